The molecule has 1 aromatic carbocycles. The second-order valence-corrected chi connectivity index (χ2v) is 5.18. The summed E-state index contributed by atoms with van der Waals surface area (Å²) in [6, 6.07) is 6.75. The predicted octanol–water partition coefficient (Wildman–Crippen LogP) is 1.84. The largest absolute Gasteiger partial charge is 0.491 e. The highest BCUT2D eigenvalue weighted by atomic mass is 16.5. The zero-order valence-corrected chi connectivity index (χ0v) is 11.7. The van der Waals surface area contributed by atoms with Crippen LogP contribution in [0.4, 0.5) is 0 Å². The van der Waals surface area contributed by atoms with Gasteiger partial charge in [-0.1, -0.05) is 0 Å². The Morgan fingerprint density at radius 3 is 3.10 bits per heavy atom. The van der Waals surface area contributed by atoms with Crippen molar-refractivity contribution in [1.29, 1.82) is 0 Å². The molecule has 2 aromatic rings. The molecule has 0 aliphatic carbocycles. The number of likely N-dealkylation sites (N-methyl/N-ethyl adjacent to an activating group) is 1. The quantitative estimate of drug-likeness (QED) is 0.926. The molecule has 1 atom stereocenters. The molecule has 3 rings (SSSR count). The van der Waals surface area contributed by atoms with E-state index in [2.05, 4.69) is 11.9 Å². The fourth-order valence-corrected chi connectivity index (χ4v) is 2.37. The van der Waals surface area contributed by atoms with E-state index in [1.54, 1.807) is 18.2 Å². The molecule has 0 amide bonds. The molecule has 1 aromatic heterocycles. The first-order valence-electron chi connectivity index (χ1n) is 6.81. The molecule has 1 aliphatic rings. The van der Waals surface area contributed by atoms with Gasteiger partial charge in [0, 0.05) is 18.5 Å². The summed E-state index contributed by atoms with van der Waals surface area (Å²) >= 11 is 0. The summed E-state index contributed by atoms with van der Waals surface area (Å²) in [6.45, 7) is 2.97. The van der Waals surface area contributed by atoms with E-state index in [4.69, 9.17) is 19.0 Å². The van der Waals surface area contributed by atoms with Crippen LogP contribution in [0.25, 0.3) is 11.0 Å². The highest BCUT2D eigenvalue weighted by Gasteiger charge is 2.18. The van der Waals surface area contributed by atoms with Crippen molar-refractivity contribution in [3.63, 3.8) is 0 Å². The molecule has 0 saturated carbocycles. The van der Waals surface area contributed by atoms with Gasteiger partial charge in [0.1, 0.15) is 24.0 Å². The third kappa shape index (κ3) is 3.17. The average Bonchev–Trinajstić information content (AvgIpc) is 2.88. The van der Waals surface area contributed by atoms with E-state index in [0.717, 1.165) is 13.1 Å². The van der Waals surface area contributed by atoms with Gasteiger partial charge in [0.15, 0.2) is 0 Å². The molecule has 6 nitrogen and oxygen atoms in total. The lowest BCUT2D eigenvalue weighted by Crippen LogP contribution is -2.42. The number of fused-ring (bicyclic) bond motifs is 1. The molecule has 1 saturated heterocycles. The van der Waals surface area contributed by atoms with Crippen molar-refractivity contribution in [2.75, 3.05) is 33.4 Å². The van der Waals surface area contributed by atoms with Gasteiger partial charge < -0.3 is 23.9 Å². The maximum atomic E-state index is 10.9. The molecular weight excluding hydrogens is 274 g/mol. The number of hydrogen-bond acceptors (Lipinski definition) is 5. The van der Waals surface area contributed by atoms with Crippen LogP contribution in [0.3, 0.4) is 0 Å². The number of morpholine rings is 1. The Hall–Kier alpha value is -2.05. The molecule has 21 heavy (non-hydrogen) atoms. The van der Waals surface area contributed by atoms with Crippen LogP contribution in [0.1, 0.15) is 10.6 Å². The van der Waals surface area contributed by atoms with Crippen LogP contribution < -0.4 is 4.74 Å². The summed E-state index contributed by atoms with van der Waals surface area (Å²) in [5.74, 6) is -0.469. The Labute approximate surface area is 121 Å². The number of furan rings is 1. The monoisotopic (exact) mass is 291 g/mol. The van der Waals surface area contributed by atoms with Gasteiger partial charge >= 0.3 is 5.97 Å². The van der Waals surface area contributed by atoms with Gasteiger partial charge in [-0.05, 0) is 31.3 Å². The number of nitrogens with zero attached hydrogens (tertiary/aromatic N) is 1. The smallest absolute Gasteiger partial charge is 0.371 e. The number of aromatic carboxylic acids is 1. The topological polar surface area (TPSA) is 72.1 Å². The minimum absolute atomic E-state index is 0.0541. The third-order valence-electron chi connectivity index (χ3n) is 3.48. The number of benzene rings is 1. The first kappa shape index (κ1) is 13.9. The van der Waals surface area contributed by atoms with Crippen molar-refractivity contribution < 1.29 is 23.8 Å². The Kier molecular flexibility index (Phi) is 3.81. The van der Waals surface area contributed by atoms with E-state index in [-0.39, 0.29) is 11.9 Å². The molecular formula is C15H17NO5. The van der Waals surface area contributed by atoms with Crippen molar-refractivity contribution in [3.8, 4) is 5.75 Å². The SMILES string of the molecule is CN1CCO[C@H](COc2ccc3oc(C(=O)O)cc3c2)C1. The molecule has 1 N–H and O–H groups in total. The minimum atomic E-state index is -1.08. The van der Waals surface area contributed by atoms with Gasteiger partial charge in [-0.3, -0.25) is 0 Å². The Morgan fingerprint density at radius 2 is 2.33 bits per heavy atom. The second-order valence-electron chi connectivity index (χ2n) is 5.18. The fourth-order valence-electron chi connectivity index (χ4n) is 2.37. The number of carboxylic acid groups (broad SMARTS) is 1. The lowest BCUT2D eigenvalue weighted by atomic mass is 10.2. The zero-order chi connectivity index (χ0) is 14.8. The standard InChI is InChI=1S/C15H17NO5/c1-16-4-5-19-12(8-16)9-20-11-2-3-13-10(6-11)7-14(21-13)15(17)18/h2-3,6-7,12H,4-5,8-9H2,1H3,(H,17,18)/t12-/m0/s1. The van der Waals surface area contributed by atoms with Gasteiger partial charge in [0.25, 0.3) is 0 Å². The van der Waals surface area contributed by atoms with Crippen LogP contribution in [0.15, 0.2) is 28.7 Å². The highest BCUT2D eigenvalue weighted by molar-refractivity contribution is 5.91. The van der Waals surface area contributed by atoms with Crippen LogP contribution >= 0.6 is 0 Å². The van der Waals surface area contributed by atoms with E-state index in [9.17, 15) is 4.79 Å². The molecule has 2 heterocycles. The Morgan fingerprint density at radius 1 is 1.48 bits per heavy atom. The van der Waals surface area contributed by atoms with Crippen molar-refractivity contribution in [1.82, 2.24) is 4.90 Å². The highest BCUT2D eigenvalue weighted by Crippen LogP contribution is 2.24. The summed E-state index contributed by atoms with van der Waals surface area (Å²) in [5.41, 5.74) is 0.536. The predicted molar refractivity (Wildman–Crippen MR) is 75.9 cm³/mol. The molecule has 1 fully saturated rings. The van der Waals surface area contributed by atoms with Gasteiger partial charge in [-0.25, -0.2) is 4.79 Å². The fraction of sp³-hybridized carbons (Fsp3) is 0.400. The maximum absolute atomic E-state index is 10.9. The first-order valence-corrected chi connectivity index (χ1v) is 6.81. The lowest BCUT2D eigenvalue weighted by Gasteiger charge is -2.29. The molecule has 1 aliphatic heterocycles. The first-order chi connectivity index (χ1) is 10.1. The normalized spacial score (nSPS) is 19.8. The number of carboxylic acids is 1. The van der Waals surface area contributed by atoms with E-state index in [1.165, 1.54) is 6.07 Å². The van der Waals surface area contributed by atoms with Gasteiger partial charge in [0.05, 0.1) is 6.61 Å². The lowest BCUT2D eigenvalue weighted by molar-refractivity contribution is -0.0403. The van der Waals surface area contributed by atoms with E-state index in [1.807, 2.05) is 0 Å². The molecule has 6 heteroatoms. The third-order valence-corrected chi connectivity index (χ3v) is 3.48. The summed E-state index contributed by atoms with van der Waals surface area (Å²) in [4.78, 5) is 13.1. The molecule has 0 spiro atoms. The molecule has 0 bridgehead atoms. The molecule has 112 valence electrons. The summed E-state index contributed by atoms with van der Waals surface area (Å²) < 4.78 is 16.6. The Balaban J connectivity index is 1.68. The summed E-state index contributed by atoms with van der Waals surface area (Å²) in [7, 11) is 2.06. The van der Waals surface area contributed by atoms with Gasteiger partial charge in [0.2, 0.25) is 5.76 Å². The van der Waals surface area contributed by atoms with Crippen LogP contribution in [-0.2, 0) is 4.74 Å². The summed E-state index contributed by atoms with van der Waals surface area (Å²) in [6.07, 6.45) is 0.0541. The molecule has 0 unspecified atom stereocenters. The zero-order valence-electron chi connectivity index (χ0n) is 11.7. The second kappa shape index (κ2) is 5.75. The van der Waals surface area contributed by atoms with Crippen LogP contribution in [-0.4, -0.2) is 55.4 Å². The number of hydrogen-bond donors (Lipinski definition) is 1. The summed E-state index contributed by atoms with van der Waals surface area (Å²) in [5, 5.41) is 9.62. The molecule has 0 radical (unpaired) electrons. The average molecular weight is 291 g/mol. The van der Waals surface area contributed by atoms with Crippen LogP contribution in [0, 0.1) is 0 Å². The van der Waals surface area contributed by atoms with Gasteiger partial charge in [-0.2, -0.15) is 0 Å². The van der Waals surface area contributed by atoms with E-state index in [0.29, 0.717) is 29.9 Å². The maximum Gasteiger partial charge on any atom is 0.371 e. The van der Waals surface area contributed by atoms with Crippen LogP contribution in [0.2, 0.25) is 0 Å². The van der Waals surface area contributed by atoms with Crippen molar-refractivity contribution in [3.05, 3.63) is 30.0 Å². The van der Waals surface area contributed by atoms with Gasteiger partial charge in [-0.15, -0.1) is 0 Å². The number of carbonyl (C=O) groups is 1. The Bertz CT molecular complexity index is 651. The van der Waals surface area contributed by atoms with Crippen molar-refractivity contribution in [2.24, 2.45) is 0 Å². The number of ether oxygens (including phenoxy) is 2. The van der Waals surface area contributed by atoms with Crippen molar-refractivity contribution >= 4 is 16.9 Å². The van der Waals surface area contributed by atoms with E-state index >= 15 is 0 Å². The van der Waals surface area contributed by atoms with Crippen LogP contribution in [0.5, 0.6) is 5.75 Å². The number of rotatable bonds is 4. The minimum Gasteiger partial charge on any atom is -0.491 e. The van der Waals surface area contributed by atoms with Crippen molar-refractivity contribution in [2.45, 2.75) is 6.10 Å². The van der Waals surface area contributed by atoms with E-state index < -0.39 is 5.97 Å².